The second kappa shape index (κ2) is 6.91. The first-order valence-corrected chi connectivity index (χ1v) is 10.9. The molecule has 4 heterocycles. The molecule has 5 rings (SSSR count). The number of esters is 1. The Hall–Kier alpha value is -3.20. The fourth-order valence-corrected chi connectivity index (χ4v) is 5.42. The molecule has 160 valence electrons. The Labute approximate surface area is 182 Å². The molecule has 0 aliphatic carbocycles. The van der Waals surface area contributed by atoms with Crippen LogP contribution in [0.25, 0.3) is 6.08 Å². The van der Waals surface area contributed by atoms with Gasteiger partial charge >= 0.3 is 5.97 Å². The summed E-state index contributed by atoms with van der Waals surface area (Å²) in [6.07, 6.45) is 3.56. The van der Waals surface area contributed by atoms with Gasteiger partial charge in [-0.2, -0.15) is 5.10 Å². The van der Waals surface area contributed by atoms with E-state index in [-0.39, 0.29) is 12.2 Å². The Morgan fingerprint density at radius 1 is 1.39 bits per heavy atom. The molecule has 2 aliphatic heterocycles. The topological polar surface area (TPSA) is 87.7 Å². The van der Waals surface area contributed by atoms with Gasteiger partial charge in [0, 0.05) is 23.9 Å². The first-order chi connectivity index (χ1) is 14.8. The molecule has 0 saturated carbocycles. The van der Waals surface area contributed by atoms with Gasteiger partial charge in [0.15, 0.2) is 4.80 Å². The zero-order chi connectivity index (χ0) is 21.9. The van der Waals surface area contributed by atoms with Gasteiger partial charge in [-0.3, -0.25) is 18.8 Å². The van der Waals surface area contributed by atoms with Crippen LogP contribution in [-0.4, -0.2) is 32.6 Å². The lowest BCUT2D eigenvalue weighted by Crippen LogP contribution is -2.58. The number of carbonyl (C=O) groups excluding carboxylic acids is 1. The van der Waals surface area contributed by atoms with Crippen molar-refractivity contribution in [3.05, 3.63) is 67.0 Å². The molecule has 2 aliphatic rings. The number of para-hydroxylation sites is 1. The molecule has 1 aromatic carbocycles. The van der Waals surface area contributed by atoms with E-state index in [1.807, 2.05) is 44.3 Å². The summed E-state index contributed by atoms with van der Waals surface area (Å²) < 4.78 is 15.5. The maximum Gasteiger partial charge on any atom is 0.317 e. The van der Waals surface area contributed by atoms with Gasteiger partial charge in [0.05, 0.1) is 23.4 Å². The first-order valence-electron chi connectivity index (χ1n) is 10.1. The highest BCUT2D eigenvalue weighted by molar-refractivity contribution is 7.07. The molecule has 0 amide bonds. The first kappa shape index (κ1) is 19.7. The fraction of sp³-hybridized carbons (Fsp3) is 0.364. The quantitative estimate of drug-likeness (QED) is 0.575. The largest absolute Gasteiger partial charge is 0.466 e. The van der Waals surface area contributed by atoms with Crippen LogP contribution in [0.15, 0.2) is 40.2 Å². The number of aryl methyl sites for hydroxylation is 1. The predicted molar refractivity (Wildman–Crippen MR) is 115 cm³/mol. The van der Waals surface area contributed by atoms with Gasteiger partial charge < -0.3 is 9.47 Å². The summed E-state index contributed by atoms with van der Waals surface area (Å²) in [4.78, 5) is 31.8. The number of fused-ring (bicyclic) bond motifs is 6. The average Bonchev–Trinajstić information content (AvgIpc) is 3.20. The lowest BCUT2D eigenvalue weighted by atomic mass is 9.81. The summed E-state index contributed by atoms with van der Waals surface area (Å²) in [6.45, 7) is 5.73. The number of carbonyl (C=O) groups is 1. The highest BCUT2D eigenvalue weighted by Gasteiger charge is 2.55. The number of ether oxygens (including phenoxy) is 2. The highest BCUT2D eigenvalue weighted by atomic mass is 32.1. The number of hydrogen-bond donors (Lipinski definition) is 0. The van der Waals surface area contributed by atoms with Gasteiger partial charge in [-0.25, -0.2) is 4.99 Å². The normalized spacial score (nSPS) is 24.1. The minimum Gasteiger partial charge on any atom is -0.466 e. The molecule has 9 heteroatoms. The number of hydrogen-bond acceptors (Lipinski definition) is 7. The van der Waals surface area contributed by atoms with Crippen molar-refractivity contribution in [3.8, 4) is 5.75 Å². The third-order valence-electron chi connectivity index (χ3n) is 5.98. The van der Waals surface area contributed by atoms with E-state index in [1.54, 1.807) is 29.3 Å². The van der Waals surface area contributed by atoms with Crippen LogP contribution < -0.4 is 19.6 Å². The minimum atomic E-state index is -1.16. The molecular weight excluding hydrogens is 416 g/mol. The van der Waals surface area contributed by atoms with Crippen LogP contribution in [0.1, 0.15) is 36.7 Å². The minimum absolute atomic E-state index is 0.190. The molecule has 0 N–H and O–H groups in total. The maximum absolute atomic E-state index is 13.5. The number of benzene rings is 1. The molecule has 3 atom stereocenters. The third kappa shape index (κ3) is 2.87. The van der Waals surface area contributed by atoms with Gasteiger partial charge in [0.1, 0.15) is 11.7 Å². The van der Waals surface area contributed by atoms with Crippen LogP contribution in [0.3, 0.4) is 0 Å². The van der Waals surface area contributed by atoms with E-state index in [0.717, 1.165) is 16.8 Å². The lowest BCUT2D eigenvalue weighted by molar-refractivity contribution is -0.160. The number of nitrogens with zero attached hydrogens (tertiary/aromatic N) is 4. The van der Waals surface area contributed by atoms with Crippen molar-refractivity contribution in [2.45, 2.75) is 32.5 Å². The lowest BCUT2D eigenvalue weighted by Gasteiger charge is -2.44. The summed E-state index contributed by atoms with van der Waals surface area (Å²) in [7, 11) is 1.86. The van der Waals surface area contributed by atoms with Gasteiger partial charge in [-0.1, -0.05) is 29.5 Å². The van der Waals surface area contributed by atoms with E-state index in [4.69, 9.17) is 14.5 Å². The summed E-state index contributed by atoms with van der Waals surface area (Å²) in [5.41, 5.74) is 1.25. The zero-order valence-electron chi connectivity index (χ0n) is 17.7. The van der Waals surface area contributed by atoms with Gasteiger partial charge in [0.2, 0.25) is 5.72 Å². The Bertz CT molecular complexity index is 1390. The van der Waals surface area contributed by atoms with Crippen LogP contribution in [0, 0.1) is 12.8 Å². The van der Waals surface area contributed by atoms with E-state index in [1.165, 1.54) is 11.3 Å². The third-order valence-corrected chi connectivity index (χ3v) is 6.96. The molecule has 0 spiro atoms. The molecule has 3 aromatic rings. The van der Waals surface area contributed by atoms with E-state index in [0.29, 0.717) is 15.1 Å². The number of aromatic nitrogens is 3. The van der Waals surface area contributed by atoms with Crippen LogP contribution >= 0.6 is 11.3 Å². The van der Waals surface area contributed by atoms with E-state index >= 15 is 0 Å². The molecule has 0 fully saturated rings. The molecule has 8 nitrogen and oxygen atoms in total. The molecule has 0 radical (unpaired) electrons. The van der Waals surface area contributed by atoms with Gasteiger partial charge in [0.25, 0.3) is 5.56 Å². The summed E-state index contributed by atoms with van der Waals surface area (Å²) in [5.74, 6) is -0.572. The van der Waals surface area contributed by atoms with E-state index in [2.05, 4.69) is 5.10 Å². The predicted octanol–water partition coefficient (Wildman–Crippen LogP) is 1.29. The summed E-state index contributed by atoms with van der Waals surface area (Å²) in [6, 6.07) is 6.92. The van der Waals surface area contributed by atoms with Crippen LogP contribution in [0.4, 0.5) is 0 Å². The number of rotatable bonds is 3. The molecule has 0 saturated heterocycles. The van der Waals surface area contributed by atoms with Crippen molar-refractivity contribution in [1.29, 1.82) is 0 Å². The molecule has 2 aromatic heterocycles. The van der Waals surface area contributed by atoms with Crippen molar-refractivity contribution in [2.75, 3.05) is 6.61 Å². The van der Waals surface area contributed by atoms with Crippen molar-refractivity contribution < 1.29 is 14.3 Å². The Morgan fingerprint density at radius 2 is 2.16 bits per heavy atom. The SMILES string of the molecule is CCOC(=O)C1C2c3ccccc3OC1(C)N=c1sc(=Cc3cnn(C)c3C)c(=O)n12. The van der Waals surface area contributed by atoms with Crippen molar-refractivity contribution in [3.63, 3.8) is 0 Å². The average molecular weight is 439 g/mol. The summed E-state index contributed by atoms with van der Waals surface area (Å²) in [5, 5.41) is 4.25. The highest BCUT2D eigenvalue weighted by Crippen LogP contribution is 2.47. The maximum atomic E-state index is 13.5. The van der Waals surface area contributed by atoms with Crippen molar-refractivity contribution >= 4 is 23.4 Å². The Kier molecular flexibility index (Phi) is 4.40. The van der Waals surface area contributed by atoms with Crippen molar-refractivity contribution in [1.82, 2.24) is 14.3 Å². The van der Waals surface area contributed by atoms with Crippen LogP contribution in [0.2, 0.25) is 0 Å². The van der Waals surface area contributed by atoms with E-state index in [9.17, 15) is 9.59 Å². The van der Waals surface area contributed by atoms with E-state index < -0.39 is 23.7 Å². The standard InChI is InChI=1S/C22H22N4O4S/c1-5-29-20(28)17-18-14-8-6-7-9-15(14)30-22(17,3)24-21-26(18)19(27)16(31-21)10-13-11-23-25(4)12(13)2/h6-11,17-18H,5H2,1-4H3. The zero-order valence-corrected chi connectivity index (χ0v) is 18.5. The monoisotopic (exact) mass is 438 g/mol. The molecule has 3 unspecified atom stereocenters. The number of thiazole rings is 1. The van der Waals surface area contributed by atoms with Crippen LogP contribution in [0.5, 0.6) is 5.75 Å². The second-order valence-corrected chi connectivity index (χ2v) is 8.87. The fourth-order valence-electron chi connectivity index (χ4n) is 4.33. The molecule has 31 heavy (non-hydrogen) atoms. The second-order valence-electron chi connectivity index (χ2n) is 7.86. The van der Waals surface area contributed by atoms with Gasteiger partial charge in [-0.05, 0) is 32.9 Å². The Balaban J connectivity index is 1.79. The molecular formula is C22H22N4O4S. The summed E-state index contributed by atoms with van der Waals surface area (Å²) >= 11 is 1.29. The van der Waals surface area contributed by atoms with Crippen molar-refractivity contribution in [2.24, 2.45) is 18.0 Å². The van der Waals surface area contributed by atoms with Gasteiger partial charge in [-0.15, -0.1) is 0 Å². The Morgan fingerprint density at radius 3 is 2.87 bits per heavy atom. The van der Waals surface area contributed by atoms with Crippen LogP contribution in [-0.2, 0) is 16.6 Å². The smallest absolute Gasteiger partial charge is 0.317 e. The molecule has 2 bridgehead atoms.